The average molecular weight is 371 g/mol. The van der Waals surface area contributed by atoms with Crippen molar-refractivity contribution < 1.29 is 17.9 Å². The molecule has 0 aromatic heterocycles. The molecule has 0 amide bonds. The number of halogens is 3. The summed E-state index contributed by atoms with van der Waals surface area (Å²) in [5.74, 6) is 0.636. The van der Waals surface area contributed by atoms with Crippen molar-refractivity contribution in [2.45, 2.75) is 44.5 Å². The number of rotatable bonds is 5. The van der Waals surface area contributed by atoms with E-state index in [0.29, 0.717) is 6.04 Å². The standard InChI is InChI=1S/C19H28F3N3O/c20-19(21,22)26-18-3-1-2-17(14-18)25-12-10-24(11-13-25)9-8-15-4-6-16(23)7-5-15/h1-3,14-16H,4-13,23H2. The van der Waals surface area contributed by atoms with E-state index in [-0.39, 0.29) is 5.75 Å². The summed E-state index contributed by atoms with van der Waals surface area (Å²) in [6.45, 7) is 4.63. The van der Waals surface area contributed by atoms with Gasteiger partial charge in [0, 0.05) is 44.0 Å². The molecule has 1 saturated carbocycles. The van der Waals surface area contributed by atoms with E-state index < -0.39 is 6.36 Å². The van der Waals surface area contributed by atoms with Crippen LogP contribution >= 0.6 is 0 Å². The first-order chi connectivity index (χ1) is 12.4. The largest absolute Gasteiger partial charge is 0.573 e. The number of hydrogen-bond donors (Lipinski definition) is 1. The van der Waals surface area contributed by atoms with Gasteiger partial charge in [0.15, 0.2) is 0 Å². The Hall–Kier alpha value is -1.47. The number of ether oxygens (including phenoxy) is 1. The fourth-order valence-electron chi connectivity index (χ4n) is 3.95. The normalized spacial score (nSPS) is 25.3. The van der Waals surface area contributed by atoms with E-state index in [1.807, 2.05) is 6.07 Å². The van der Waals surface area contributed by atoms with Crippen molar-refractivity contribution in [1.82, 2.24) is 4.90 Å². The molecule has 1 saturated heterocycles. The second-order valence-corrected chi connectivity index (χ2v) is 7.44. The molecule has 0 bridgehead atoms. The zero-order chi connectivity index (χ0) is 18.6. The van der Waals surface area contributed by atoms with Gasteiger partial charge < -0.3 is 15.4 Å². The van der Waals surface area contributed by atoms with Gasteiger partial charge in [0.1, 0.15) is 5.75 Å². The van der Waals surface area contributed by atoms with Crippen molar-refractivity contribution in [3.63, 3.8) is 0 Å². The van der Waals surface area contributed by atoms with Gasteiger partial charge >= 0.3 is 6.36 Å². The minimum Gasteiger partial charge on any atom is -0.406 e. The summed E-state index contributed by atoms with van der Waals surface area (Å²) in [7, 11) is 0. The van der Waals surface area contributed by atoms with E-state index in [0.717, 1.165) is 57.2 Å². The van der Waals surface area contributed by atoms with Crippen molar-refractivity contribution >= 4 is 5.69 Å². The molecule has 1 aromatic rings. The Kier molecular flexibility index (Phi) is 6.29. The second-order valence-electron chi connectivity index (χ2n) is 7.44. The van der Waals surface area contributed by atoms with Crippen LogP contribution in [0.3, 0.4) is 0 Å². The Morgan fingerprint density at radius 1 is 1.04 bits per heavy atom. The van der Waals surface area contributed by atoms with Crippen LogP contribution in [-0.4, -0.2) is 50.0 Å². The van der Waals surface area contributed by atoms with E-state index in [1.54, 1.807) is 6.07 Å². The fourth-order valence-corrected chi connectivity index (χ4v) is 3.95. The summed E-state index contributed by atoms with van der Waals surface area (Å²) < 4.78 is 41.2. The average Bonchev–Trinajstić information content (AvgIpc) is 2.60. The maximum atomic E-state index is 12.4. The van der Waals surface area contributed by atoms with Crippen LogP contribution in [0.2, 0.25) is 0 Å². The number of benzene rings is 1. The highest BCUT2D eigenvalue weighted by atomic mass is 19.4. The van der Waals surface area contributed by atoms with Gasteiger partial charge in [0.05, 0.1) is 0 Å². The lowest BCUT2D eigenvalue weighted by Gasteiger charge is -2.37. The van der Waals surface area contributed by atoms with Gasteiger partial charge in [-0.2, -0.15) is 0 Å². The summed E-state index contributed by atoms with van der Waals surface area (Å²) in [6.07, 6.45) is 1.35. The van der Waals surface area contributed by atoms with Crippen LogP contribution in [0.4, 0.5) is 18.9 Å². The van der Waals surface area contributed by atoms with Gasteiger partial charge in [-0.3, -0.25) is 4.90 Å². The fraction of sp³-hybridized carbons (Fsp3) is 0.684. The van der Waals surface area contributed by atoms with Crippen molar-refractivity contribution in [2.24, 2.45) is 11.7 Å². The molecule has 0 unspecified atom stereocenters. The van der Waals surface area contributed by atoms with Gasteiger partial charge in [-0.15, -0.1) is 13.2 Å². The minimum absolute atomic E-state index is 0.159. The summed E-state index contributed by atoms with van der Waals surface area (Å²) in [6, 6.07) is 6.64. The van der Waals surface area contributed by atoms with Crippen LogP contribution in [0.5, 0.6) is 5.75 Å². The Morgan fingerprint density at radius 2 is 1.73 bits per heavy atom. The number of piperazine rings is 1. The Balaban J connectivity index is 1.44. The van der Waals surface area contributed by atoms with Gasteiger partial charge in [-0.25, -0.2) is 0 Å². The number of nitrogens with zero attached hydrogens (tertiary/aromatic N) is 2. The number of alkyl halides is 3. The molecule has 7 heteroatoms. The topological polar surface area (TPSA) is 41.7 Å². The van der Waals surface area contributed by atoms with E-state index in [1.165, 1.54) is 31.4 Å². The molecule has 1 aliphatic carbocycles. The van der Waals surface area contributed by atoms with Crippen molar-refractivity contribution in [1.29, 1.82) is 0 Å². The van der Waals surface area contributed by atoms with E-state index in [4.69, 9.17) is 5.73 Å². The first-order valence-corrected chi connectivity index (χ1v) is 9.48. The summed E-state index contributed by atoms with van der Waals surface area (Å²) in [4.78, 5) is 4.58. The quantitative estimate of drug-likeness (QED) is 0.859. The van der Waals surface area contributed by atoms with Crippen LogP contribution in [0, 0.1) is 5.92 Å². The van der Waals surface area contributed by atoms with Crippen molar-refractivity contribution in [3.05, 3.63) is 24.3 Å². The molecule has 4 nitrogen and oxygen atoms in total. The number of anilines is 1. The maximum Gasteiger partial charge on any atom is 0.573 e. The van der Waals surface area contributed by atoms with Crippen LogP contribution < -0.4 is 15.4 Å². The predicted molar refractivity (Wildman–Crippen MR) is 96.3 cm³/mol. The highest BCUT2D eigenvalue weighted by Crippen LogP contribution is 2.28. The monoisotopic (exact) mass is 371 g/mol. The maximum absolute atomic E-state index is 12.4. The van der Waals surface area contributed by atoms with E-state index in [2.05, 4.69) is 14.5 Å². The zero-order valence-corrected chi connectivity index (χ0v) is 15.0. The lowest BCUT2D eigenvalue weighted by atomic mass is 9.84. The first kappa shape index (κ1) is 19.3. The molecule has 3 rings (SSSR count). The molecule has 1 aromatic carbocycles. The summed E-state index contributed by atoms with van der Waals surface area (Å²) >= 11 is 0. The predicted octanol–water partition coefficient (Wildman–Crippen LogP) is 3.61. The van der Waals surface area contributed by atoms with Crippen molar-refractivity contribution in [2.75, 3.05) is 37.6 Å². The van der Waals surface area contributed by atoms with Gasteiger partial charge in [0.25, 0.3) is 0 Å². The smallest absolute Gasteiger partial charge is 0.406 e. The Morgan fingerprint density at radius 3 is 2.38 bits per heavy atom. The first-order valence-electron chi connectivity index (χ1n) is 9.48. The van der Waals surface area contributed by atoms with Gasteiger partial charge in [0.2, 0.25) is 0 Å². The SMILES string of the molecule is NC1CCC(CCN2CCN(c3cccc(OC(F)(F)F)c3)CC2)CC1. The Bertz CT molecular complexity index is 565. The van der Waals surface area contributed by atoms with Crippen LogP contribution in [0.15, 0.2) is 24.3 Å². The molecule has 2 aliphatic rings. The molecule has 0 spiro atoms. The van der Waals surface area contributed by atoms with Crippen LogP contribution in [-0.2, 0) is 0 Å². The molecule has 0 atom stereocenters. The van der Waals surface area contributed by atoms with Crippen LogP contribution in [0.25, 0.3) is 0 Å². The third-order valence-corrected chi connectivity index (χ3v) is 5.53. The molecule has 0 radical (unpaired) electrons. The van der Waals surface area contributed by atoms with E-state index >= 15 is 0 Å². The van der Waals surface area contributed by atoms with Gasteiger partial charge in [-0.1, -0.05) is 6.07 Å². The molecule has 2 N–H and O–H groups in total. The van der Waals surface area contributed by atoms with E-state index in [9.17, 15) is 13.2 Å². The summed E-state index contributed by atoms with van der Waals surface area (Å²) in [5.41, 5.74) is 6.75. The molecule has 26 heavy (non-hydrogen) atoms. The highest BCUT2D eigenvalue weighted by molar-refractivity contribution is 5.51. The molecular weight excluding hydrogens is 343 g/mol. The number of hydrogen-bond acceptors (Lipinski definition) is 4. The second kappa shape index (κ2) is 8.48. The highest BCUT2D eigenvalue weighted by Gasteiger charge is 2.31. The molecule has 146 valence electrons. The molecule has 2 fully saturated rings. The Labute approximate surface area is 153 Å². The lowest BCUT2D eigenvalue weighted by molar-refractivity contribution is -0.274. The molecule has 1 heterocycles. The number of nitrogens with two attached hydrogens (primary N) is 1. The third-order valence-electron chi connectivity index (χ3n) is 5.53. The van der Waals surface area contributed by atoms with Crippen LogP contribution in [0.1, 0.15) is 32.1 Å². The molecular formula is C19H28F3N3O. The third kappa shape index (κ3) is 5.77. The summed E-state index contributed by atoms with van der Waals surface area (Å²) in [5, 5.41) is 0. The zero-order valence-electron chi connectivity index (χ0n) is 15.0. The minimum atomic E-state index is -4.65. The van der Waals surface area contributed by atoms with Crippen molar-refractivity contribution in [3.8, 4) is 5.75 Å². The van der Waals surface area contributed by atoms with Gasteiger partial charge in [-0.05, 0) is 56.7 Å². The molecule has 1 aliphatic heterocycles. The lowest BCUT2D eigenvalue weighted by Crippen LogP contribution is -2.47.